The van der Waals surface area contributed by atoms with Crippen LogP contribution in [0.4, 0.5) is 11.4 Å². The van der Waals surface area contributed by atoms with Gasteiger partial charge in [-0.05, 0) is 43.2 Å². The standard InChI is InChI=1S/C21H22N2O4/c1-2-27-21(26)15-14-20(25)23-18-11-9-17(10-12-18)22-19(24)13-8-16-6-4-3-5-7-16/h3-7,9-12,14-15H,2,8,13H2,1H3,(H,22,24)(H,23,25)/b15-14+. The van der Waals surface area contributed by atoms with Gasteiger partial charge in [0.15, 0.2) is 0 Å². The maximum atomic E-state index is 12.0. The molecule has 27 heavy (non-hydrogen) atoms. The summed E-state index contributed by atoms with van der Waals surface area (Å²) in [5, 5.41) is 5.44. The molecule has 0 aliphatic carbocycles. The second kappa shape index (κ2) is 10.6. The fourth-order valence-corrected chi connectivity index (χ4v) is 2.28. The zero-order valence-corrected chi connectivity index (χ0v) is 15.1. The number of nitrogens with one attached hydrogen (secondary N) is 2. The lowest BCUT2D eigenvalue weighted by Gasteiger charge is -2.07. The number of carbonyl (C=O) groups excluding carboxylic acids is 3. The van der Waals surface area contributed by atoms with Crippen molar-refractivity contribution in [1.29, 1.82) is 0 Å². The van der Waals surface area contributed by atoms with Crippen molar-refractivity contribution in [2.24, 2.45) is 0 Å². The predicted molar refractivity (Wildman–Crippen MR) is 104 cm³/mol. The van der Waals surface area contributed by atoms with Crippen molar-refractivity contribution in [3.8, 4) is 0 Å². The molecule has 0 aliphatic heterocycles. The third-order valence-corrected chi connectivity index (χ3v) is 3.58. The average Bonchev–Trinajstić information content (AvgIpc) is 2.67. The van der Waals surface area contributed by atoms with Gasteiger partial charge in [-0.2, -0.15) is 0 Å². The van der Waals surface area contributed by atoms with Gasteiger partial charge in [0, 0.05) is 29.9 Å². The lowest BCUT2D eigenvalue weighted by atomic mass is 10.1. The van der Waals surface area contributed by atoms with Gasteiger partial charge in [-0.1, -0.05) is 30.3 Å². The maximum Gasteiger partial charge on any atom is 0.330 e. The van der Waals surface area contributed by atoms with Gasteiger partial charge in [-0.15, -0.1) is 0 Å². The Bertz CT molecular complexity index is 799. The van der Waals surface area contributed by atoms with E-state index in [1.54, 1.807) is 31.2 Å². The second-order valence-corrected chi connectivity index (χ2v) is 5.69. The van der Waals surface area contributed by atoms with Crippen molar-refractivity contribution < 1.29 is 19.1 Å². The summed E-state index contributed by atoms with van der Waals surface area (Å²) in [5.41, 5.74) is 2.31. The summed E-state index contributed by atoms with van der Waals surface area (Å²) in [4.78, 5) is 34.9. The molecule has 0 unspecified atom stereocenters. The number of anilines is 2. The van der Waals surface area contributed by atoms with Crippen LogP contribution in [0.25, 0.3) is 0 Å². The minimum Gasteiger partial charge on any atom is -0.463 e. The van der Waals surface area contributed by atoms with Crippen molar-refractivity contribution in [1.82, 2.24) is 0 Å². The number of carbonyl (C=O) groups is 3. The zero-order chi connectivity index (χ0) is 19.5. The summed E-state index contributed by atoms with van der Waals surface area (Å²) in [6.45, 7) is 1.94. The van der Waals surface area contributed by atoms with Crippen LogP contribution < -0.4 is 10.6 Å². The minimum atomic E-state index is -0.568. The quantitative estimate of drug-likeness (QED) is 0.554. The predicted octanol–water partition coefficient (Wildman–Crippen LogP) is 3.32. The van der Waals surface area contributed by atoms with Gasteiger partial charge < -0.3 is 15.4 Å². The lowest BCUT2D eigenvalue weighted by Crippen LogP contribution is -2.13. The van der Waals surface area contributed by atoms with Crippen LogP contribution >= 0.6 is 0 Å². The summed E-state index contributed by atoms with van der Waals surface area (Å²) in [6.07, 6.45) is 3.24. The van der Waals surface area contributed by atoms with Gasteiger partial charge in [-0.3, -0.25) is 9.59 Å². The Balaban J connectivity index is 1.79. The summed E-state index contributed by atoms with van der Waals surface area (Å²) >= 11 is 0. The molecule has 2 N–H and O–H groups in total. The van der Waals surface area contributed by atoms with Crippen molar-refractivity contribution in [3.05, 3.63) is 72.3 Å². The number of hydrogen-bond donors (Lipinski definition) is 2. The molecule has 2 rings (SSSR count). The van der Waals surface area contributed by atoms with E-state index >= 15 is 0 Å². The lowest BCUT2D eigenvalue weighted by molar-refractivity contribution is -0.137. The first-order chi connectivity index (χ1) is 13.1. The molecule has 6 nitrogen and oxygen atoms in total. The van der Waals surface area contributed by atoms with Gasteiger partial charge in [0.05, 0.1) is 6.61 Å². The first kappa shape index (κ1) is 19.9. The zero-order valence-electron chi connectivity index (χ0n) is 15.1. The van der Waals surface area contributed by atoms with E-state index in [2.05, 4.69) is 10.6 Å². The number of benzene rings is 2. The number of hydrogen-bond acceptors (Lipinski definition) is 4. The molecule has 0 aromatic heterocycles. The van der Waals surface area contributed by atoms with E-state index in [9.17, 15) is 14.4 Å². The third-order valence-electron chi connectivity index (χ3n) is 3.58. The highest BCUT2D eigenvalue weighted by Gasteiger charge is 2.04. The molecular weight excluding hydrogens is 344 g/mol. The summed E-state index contributed by atoms with van der Waals surface area (Å²) in [5.74, 6) is -1.09. The van der Waals surface area contributed by atoms with Crippen molar-refractivity contribution in [2.45, 2.75) is 19.8 Å². The number of ether oxygens (including phenoxy) is 1. The Morgan fingerprint density at radius 1 is 0.889 bits per heavy atom. The molecule has 140 valence electrons. The van der Waals surface area contributed by atoms with Crippen LogP contribution in [0, 0.1) is 0 Å². The molecule has 0 radical (unpaired) electrons. The van der Waals surface area contributed by atoms with Crippen molar-refractivity contribution in [2.75, 3.05) is 17.2 Å². The molecule has 0 fully saturated rings. The molecule has 0 spiro atoms. The largest absolute Gasteiger partial charge is 0.463 e. The summed E-state index contributed by atoms with van der Waals surface area (Å²) in [6, 6.07) is 16.5. The van der Waals surface area contributed by atoms with Gasteiger partial charge in [0.2, 0.25) is 11.8 Å². The van der Waals surface area contributed by atoms with Crippen molar-refractivity contribution in [3.63, 3.8) is 0 Å². The molecule has 0 atom stereocenters. The molecule has 2 aromatic rings. The fraction of sp³-hybridized carbons (Fsp3) is 0.190. The van der Waals surface area contributed by atoms with Gasteiger partial charge in [0.25, 0.3) is 0 Å². The number of amides is 2. The Hall–Kier alpha value is -3.41. The van der Waals surface area contributed by atoms with E-state index < -0.39 is 11.9 Å². The second-order valence-electron chi connectivity index (χ2n) is 5.69. The van der Waals surface area contributed by atoms with Gasteiger partial charge >= 0.3 is 5.97 Å². The van der Waals surface area contributed by atoms with E-state index in [4.69, 9.17) is 4.74 Å². The van der Waals surface area contributed by atoms with Gasteiger partial charge in [-0.25, -0.2) is 4.79 Å². The topological polar surface area (TPSA) is 84.5 Å². The molecule has 0 saturated heterocycles. The first-order valence-corrected chi connectivity index (χ1v) is 8.66. The van der Waals surface area contributed by atoms with Crippen LogP contribution in [0.1, 0.15) is 18.9 Å². The average molecular weight is 366 g/mol. The van der Waals surface area contributed by atoms with E-state index in [1.165, 1.54) is 0 Å². The molecule has 2 aromatic carbocycles. The van der Waals surface area contributed by atoms with Crippen LogP contribution in [0.3, 0.4) is 0 Å². The van der Waals surface area contributed by atoms with Crippen molar-refractivity contribution >= 4 is 29.2 Å². The van der Waals surface area contributed by atoms with E-state index in [0.29, 0.717) is 24.2 Å². The highest BCUT2D eigenvalue weighted by Crippen LogP contribution is 2.14. The van der Waals surface area contributed by atoms with Crippen LogP contribution in [-0.4, -0.2) is 24.4 Å². The maximum absolute atomic E-state index is 12.0. The SMILES string of the molecule is CCOC(=O)/C=C/C(=O)Nc1ccc(NC(=O)CCc2ccccc2)cc1. The van der Waals surface area contributed by atoms with E-state index in [1.807, 2.05) is 30.3 Å². The Morgan fingerprint density at radius 3 is 2.15 bits per heavy atom. The number of rotatable bonds is 8. The molecule has 0 saturated carbocycles. The van der Waals surface area contributed by atoms with Gasteiger partial charge in [0.1, 0.15) is 0 Å². The highest BCUT2D eigenvalue weighted by atomic mass is 16.5. The normalized spacial score (nSPS) is 10.4. The fourth-order valence-electron chi connectivity index (χ4n) is 2.28. The monoisotopic (exact) mass is 366 g/mol. The summed E-state index contributed by atoms with van der Waals surface area (Å²) in [7, 11) is 0. The van der Waals surface area contributed by atoms with Crippen LogP contribution in [0.5, 0.6) is 0 Å². The first-order valence-electron chi connectivity index (χ1n) is 8.66. The van der Waals surface area contributed by atoms with E-state index in [-0.39, 0.29) is 12.5 Å². The van der Waals surface area contributed by atoms with Crippen LogP contribution in [0.15, 0.2) is 66.7 Å². The highest BCUT2D eigenvalue weighted by molar-refractivity contribution is 6.02. The number of aryl methyl sites for hydroxylation is 1. The molecular formula is C21H22N2O4. The Morgan fingerprint density at radius 2 is 1.52 bits per heavy atom. The molecule has 0 heterocycles. The summed E-state index contributed by atoms with van der Waals surface area (Å²) < 4.78 is 4.70. The molecule has 0 aliphatic rings. The molecule has 0 bridgehead atoms. The molecule has 2 amide bonds. The minimum absolute atomic E-state index is 0.0759. The molecule has 6 heteroatoms. The third kappa shape index (κ3) is 7.56. The Labute approximate surface area is 158 Å². The smallest absolute Gasteiger partial charge is 0.330 e. The van der Waals surface area contributed by atoms with E-state index in [0.717, 1.165) is 17.7 Å². The van der Waals surface area contributed by atoms with Crippen LogP contribution in [-0.2, 0) is 25.5 Å². The van der Waals surface area contributed by atoms with Crippen LogP contribution in [0.2, 0.25) is 0 Å². The Kier molecular flexibility index (Phi) is 7.78. The number of esters is 1.